The summed E-state index contributed by atoms with van der Waals surface area (Å²) in [5.41, 5.74) is 1.89. The number of carbonyl (C=O) groups is 1. The lowest BCUT2D eigenvalue weighted by atomic mass is 9.89. The van der Waals surface area contributed by atoms with Crippen molar-refractivity contribution in [3.63, 3.8) is 0 Å². The fraction of sp³-hybridized carbons (Fsp3) is 0.435. The van der Waals surface area contributed by atoms with Gasteiger partial charge in [-0.25, -0.2) is 8.42 Å². The van der Waals surface area contributed by atoms with Gasteiger partial charge in [0.05, 0.1) is 24.2 Å². The summed E-state index contributed by atoms with van der Waals surface area (Å²) in [7, 11) is -3.67. The van der Waals surface area contributed by atoms with Gasteiger partial charge in [0, 0.05) is 30.6 Å². The van der Waals surface area contributed by atoms with Gasteiger partial charge < -0.3 is 14.8 Å². The SMILES string of the molecule is Cc1ccc2c(c1)OC(C)(C)C[C@@H]2NC(=O)c1cccc(S(=O)(=O)N2CCOCC2)c1. The molecule has 2 heterocycles. The van der Waals surface area contributed by atoms with Crippen LogP contribution in [0.4, 0.5) is 0 Å². The van der Waals surface area contributed by atoms with Gasteiger partial charge in [-0.15, -0.1) is 0 Å². The van der Waals surface area contributed by atoms with Crippen molar-refractivity contribution in [3.8, 4) is 5.75 Å². The molecule has 0 unspecified atom stereocenters. The number of sulfonamides is 1. The molecule has 2 aromatic rings. The molecule has 7 nitrogen and oxygen atoms in total. The molecule has 0 saturated carbocycles. The highest BCUT2D eigenvalue weighted by atomic mass is 32.2. The number of fused-ring (bicyclic) bond motifs is 1. The van der Waals surface area contributed by atoms with Crippen molar-refractivity contribution in [1.82, 2.24) is 9.62 Å². The van der Waals surface area contributed by atoms with Gasteiger partial charge in [0.1, 0.15) is 11.4 Å². The molecule has 2 aliphatic rings. The van der Waals surface area contributed by atoms with Crippen molar-refractivity contribution in [2.24, 2.45) is 0 Å². The summed E-state index contributed by atoms with van der Waals surface area (Å²) in [5, 5.41) is 3.08. The number of hydrogen-bond acceptors (Lipinski definition) is 5. The molecular formula is C23H28N2O5S. The molecule has 1 saturated heterocycles. The van der Waals surface area contributed by atoms with E-state index in [0.717, 1.165) is 16.9 Å². The molecule has 2 aliphatic heterocycles. The maximum atomic E-state index is 13.1. The lowest BCUT2D eigenvalue weighted by molar-refractivity contribution is 0.0619. The van der Waals surface area contributed by atoms with Gasteiger partial charge in [-0.3, -0.25) is 4.79 Å². The average molecular weight is 445 g/mol. The Hall–Kier alpha value is -2.42. The highest BCUT2D eigenvalue weighted by Gasteiger charge is 2.35. The molecule has 8 heteroatoms. The molecule has 166 valence electrons. The van der Waals surface area contributed by atoms with Crippen LogP contribution < -0.4 is 10.1 Å². The number of amides is 1. The molecule has 2 aromatic carbocycles. The summed E-state index contributed by atoms with van der Waals surface area (Å²) < 4.78 is 38.7. The van der Waals surface area contributed by atoms with E-state index in [2.05, 4.69) is 5.32 Å². The predicted octanol–water partition coefficient (Wildman–Crippen LogP) is 3.05. The fourth-order valence-electron chi connectivity index (χ4n) is 4.06. The van der Waals surface area contributed by atoms with E-state index in [1.165, 1.54) is 16.4 Å². The van der Waals surface area contributed by atoms with E-state index in [1.54, 1.807) is 12.1 Å². The maximum Gasteiger partial charge on any atom is 0.251 e. The minimum Gasteiger partial charge on any atom is -0.487 e. The fourth-order valence-corrected chi connectivity index (χ4v) is 5.52. The standard InChI is InChI=1S/C23H28N2O5S/c1-16-7-8-19-20(15-23(2,3)30-21(19)13-16)24-22(26)17-5-4-6-18(14-17)31(27,28)25-9-11-29-12-10-25/h4-8,13-14,20H,9-12,15H2,1-3H3,(H,24,26)/t20-/m0/s1. The summed E-state index contributed by atoms with van der Waals surface area (Å²) in [5.74, 6) is 0.457. The number of nitrogens with zero attached hydrogens (tertiary/aromatic N) is 1. The molecule has 0 radical (unpaired) electrons. The molecule has 0 spiro atoms. The van der Waals surface area contributed by atoms with Crippen LogP contribution in [0.15, 0.2) is 47.4 Å². The van der Waals surface area contributed by atoms with Crippen LogP contribution in [-0.2, 0) is 14.8 Å². The van der Waals surface area contributed by atoms with E-state index < -0.39 is 15.6 Å². The second kappa shape index (κ2) is 8.26. The highest BCUT2D eigenvalue weighted by molar-refractivity contribution is 7.89. The molecule has 4 rings (SSSR count). The Kier molecular flexibility index (Phi) is 5.81. The van der Waals surface area contributed by atoms with Gasteiger partial charge in [0.15, 0.2) is 0 Å². The van der Waals surface area contributed by atoms with Gasteiger partial charge in [-0.1, -0.05) is 18.2 Å². The molecule has 31 heavy (non-hydrogen) atoms. The summed E-state index contributed by atoms with van der Waals surface area (Å²) in [4.78, 5) is 13.2. The minimum absolute atomic E-state index is 0.116. The smallest absolute Gasteiger partial charge is 0.251 e. The molecule has 1 fully saturated rings. The zero-order chi connectivity index (χ0) is 22.2. The Morgan fingerprint density at radius 1 is 1.13 bits per heavy atom. The van der Waals surface area contributed by atoms with E-state index in [1.807, 2.05) is 39.0 Å². The first-order chi connectivity index (χ1) is 14.7. The number of morpholine rings is 1. The summed E-state index contributed by atoms with van der Waals surface area (Å²) in [6, 6.07) is 11.9. The Morgan fingerprint density at radius 2 is 1.87 bits per heavy atom. The third kappa shape index (κ3) is 4.61. The van der Waals surface area contributed by atoms with Crippen molar-refractivity contribution in [1.29, 1.82) is 0 Å². The van der Waals surface area contributed by atoms with Crippen molar-refractivity contribution >= 4 is 15.9 Å². The number of benzene rings is 2. The van der Waals surface area contributed by atoms with Crippen LogP contribution in [0.5, 0.6) is 5.75 Å². The van der Waals surface area contributed by atoms with Crippen LogP contribution >= 0.6 is 0 Å². The van der Waals surface area contributed by atoms with E-state index >= 15 is 0 Å². The zero-order valence-electron chi connectivity index (χ0n) is 18.1. The highest BCUT2D eigenvalue weighted by Crippen LogP contribution is 2.40. The minimum atomic E-state index is -3.67. The number of aryl methyl sites for hydroxylation is 1. The quantitative estimate of drug-likeness (QED) is 0.784. The molecular weight excluding hydrogens is 416 g/mol. The monoisotopic (exact) mass is 444 g/mol. The first-order valence-electron chi connectivity index (χ1n) is 10.4. The zero-order valence-corrected chi connectivity index (χ0v) is 18.9. The molecule has 1 N–H and O–H groups in total. The number of nitrogens with one attached hydrogen (secondary N) is 1. The Labute approximate surface area is 183 Å². The Bertz CT molecular complexity index is 1090. The second-order valence-electron chi connectivity index (χ2n) is 8.68. The third-order valence-electron chi connectivity index (χ3n) is 5.64. The normalized spacial score (nSPS) is 21.1. The average Bonchev–Trinajstić information content (AvgIpc) is 2.73. The van der Waals surface area contributed by atoms with Crippen LogP contribution in [0.2, 0.25) is 0 Å². The summed E-state index contributed by atoms with van der Waals surface area (Å²) >= 11 is 0. The van der Waals surface area contributed by atoms with Crippen LogP contribution in [0.3, 0.4) is 0 Å². The molecule has 0 aliphatic carbocycles. The Morgan fingerprint density at radius 3 is 2.61 bits per heavy atom. The first kappa shape index (κ1) is 21.8. The number of rotatable bonds is 4. The number of ether oxygens (including phenoxy) is 2. The number of hydrogen-bond donors (Lipinski definition) is 1. The van der Waals surface area contributed by atoms with E-state index in [0.29, 0.717) is 38.3 Å². The van der Waals surface area contributed by atoms with Gasteiger partial charge in [0.2, 0.25) is 10.0 Å². The topological polar surface area (TPSA) is 84.9 Å². The first-order valence-corrected chi connectivity index (χ1v) is 11.9. The molecule has 1 amide bonds. The van der Waals surface area contributed by atoms with Crippen LogP contribution in [-0.4, -0.2) is 50.5 Å². The van der Waals surface area contributed by atoms with Crippen molar-refractivity contribution in [3.05, 3.63) is 59.2 Å². The third-order valence-corrected chi connectivity index (χ3v) is 7.53. The molecule has 1 atom stereocenters. The van der Waals surface area contributed by atoms with Gasteiger partial charge in [-0.05, 0) is 50.6 Å². The summed E-state index contributed by atoms with van der Waals surface area (Å²) in [6.45, 7) is 7.35. The molecule has 0 aromatic heterocycles. The van der Waals surface area contributed by atoms with Crippen molar-refractivity contribution in [2.45, 2.75) is 43.7 Å². The van der Waals surface area contributed by atoms with Gasteiger partial charge in [-0.2, -0.15) is 4.31 Å². The van der Waals surface area contributed by atoms with E-state index in [9.17, 15) is 13.2 Å². The number of carbonyl (C=O) groups excluding carboxylic acids is 1. The van der Waals surface area contributed by atoms with E-state index in [4.69, 9.17) is 9.47 Å². The van der Waals surface area contributed by atoms with Crippen molar-refractivity contribution < 1.29 is 22.7 Å². The van der Waals surface area contributed by atoms with Crippen LogP contribution in [0.25, 0.3) is 0 Å². The second-order valence-corrected chi connectivity index (χ2v) is 10.6. The summed E-state index contributed by atoms with van der Waals surface area (Å²) in [6.07, 6.45) is 0.612. The largest absolute Gasteiger partial charge is 0.487 e. The van der Waals surface area contributed by atoms with Crippen LogP contribution in [0.1, 0.15) is 47.8 Å². The van der Waals surface area contributed by atoms with E-state index in [-0.39, 0.29) is 16.8 Å². The lowest BCUT2D eigenvalue weighted by Crippen LogP contribution is -2.41. The van der Waals surface area contributed by atoms with Gasteiger partial charge in [0.25, 0.3) is 5.91 Å². The molecule has 0 bridgehead atoms. The lowest BCUT2D eigenvalue weighted by Gasteiger charge is -2.38. The maximum absolute atomic E-state index is 13.1. The predicted molar refractivity (Wildman–Crippen MR) is 117 cm³/mol. The van der Waals surface area contributed by atoms with Crippen LogP contribution in [0, 0.1) is 6.92 Å². The Balaban J connectivity index is 1.58. The van der Waals surface area contributed by atoms with Crippen molar-refractivity contribution in [2.75, 3.05) is 26.3 Å². The van der Waals surface area contributed by atoms with Gasteiger partial charge >= 0.3 is 0 Å².